The lowest BCUT2D eigenvalue weighted by atomic mass is 9.99. The SMILES string of the molecule is CC1CCN(CCC(C)(C#N)NC2CC2)C1. The molecular formula is C13H23N3. The van der Waals surface area contributed by atoms with Crippen molar-refractivity contribution in [3.63, 3.8) is 0 Å². The lowest BCUT2D eigenvalue weighted by Crippen LogP contribution is -2.44. The molecule has 0 radical (unpaired) electrons. The van der Waals surface area contributed by atoms with Gasteiger partial charge in [-0.15, -0.1) is 0 Å². The van der Waals surface area contributed by atoms with Crippen molar-refractivity contribution in [3.8, 4) is 6.07 Å². The number of hydrogen-bond acceptors (Lipinski definition) is 3. The third-order valence-corrected chi connectivity index (χ3v) is 3.78. The average Bonchev–Trinajstić information content (AvgIpc) is 2.97. The number of nitriles is 1. The van der Waals surface area contributed by atoms with Crippen LogP contribution in [-0.4, -0.2) is 36.1 Å². The molecule has 1 saturated heterocycles. The number of hydrogen-bond donors (Lipinski definition) is 1. The van der Waals surface area contributed by atoms with Crippen molar-refractivity contribution >= 4 is 0 Å². The van der Waals surface area contributed by atoms with E-state index in [0.29, 0.717) is 6.04 Å². The highest BCUT2D eigenvalue weighted by molar-refractivity contribution is 5.07. The minimum absolute atomic E-state index is 0.313. The fraction of sp³-hybridized carbons (Fsp3) is 0.923. The van der Waals surface area contributed by atoms with Gasteiger partial charge in [-0.1, -0.05) is 6.92 Å². The van der Waals surface area contributed by atoms with Gasteiger partial charge in [0.05, 0.1) is 6.07 Å². The van der Waals surface area contributed by atoms with E-state index in [0.717, 1.165) is 18.9 Å². The Bertz CT molecular complexity index is 279. The normalized spacial score (nSPS) is 29.9. The monoisotopic (exact) mass is 221 g/mol. The van der Waals surface area contributed by atoms with E-state index in [1.54, 1.807) is 0 Å². The van der Waals surface area contributed by atoms with Crippen LogP contribution in [-0.2, 0) is 0 Å². The largest absolute Gasteiger partial charge is 0.303 e. The minimum Gasteiger partial charge on any atom is -0.303 e. The predicted octanol–water partition coefficient (Wildman–Crippen LogP) is 1.75. The Balaban J connectivity index is 1.75. The summed E-state index contributed by atoms with van der Waals surface area (Å²) in [6.07, 6.45) is 4.77. The number of nitrogens with one attached hydrogen (secondary N) is 1. The van der Waals surface area contributed by atoms with Crippen LogP contribution in [0, 0.1) is 17.2 Å². The Hall–Kier alpha value is -0.590. The predicted molar refractivity (Wildman–Crippen MR) is 65.0 cm³/mol. The van der Waals surface area contributed by atoms with Crippen LogP contribution in [0.4, 0.5) is 0 Å². The van der Waals surface area contributed by atoms with E-state index < -0.39 is 0 Å². The Morgan fingerprint density at radius 1 is 1.44 bits per heavy atom. The summed E-state index contributed by atoms with van der Waals surface area (Å²) in [6.45, 7) is 7.85. The van der Waals surface area contributed by atoms with E-state index in [1.165, 1.54) is 32.4 Å². The van der Waals surface area contributed by atoms with E-state index in [2.05, 4.69) is 23.2 Å². The van der Waals surface area contributed by atoms with Crippen LogP contribution in [0.3, 0.4) is 0 Å². The first kappa shape index (κ1) is 11.9. The van der Waals surface area contributed by atoms with Gasteiger partial charge in [-0.2, -0.15) is 5.26 Å². The van der Waals surface area contributed by atoms with E-state index >= 15 is 0 Å². The second-order valence-electron chi connectivity index (χ2n) is 5.81. The molecule has 90 valence electrons. The van der Waals surface area contributed by atoms with Crippen molar-refractivity contribution in [2.24, 2.45) is 5.92 Å². The summed E-state index contributed by atoms with van der Waals surface area (Å²) in [4.78, 5) is 2.49. The summed E-state index contributed by atoms with van der Waals surface area (Å²) in [5.74, 6) is 0.838. The van der Waals surface area contributed by atoms with Crippen LogP contribution in [0.2, 0.25) is 0 Å². The lowest BCUT2D eigenvalue weighted by molar-refractivity contribution is 0.282. The molecule has 1 saturated carbocycles. The van der Waals surface area contributed by atoms with Gasteiger partial charge < -0.3 is 4.90 Å². The Kier molecular flexibility index (Phi) is 3.51. The Labute approximate surface area is 98.8 Å². The van der Waals surface area contributed by atoms with E-state index in [9.17, 15) is 5.26 Å². The second-order valence-corrected chi connectivity index (χ2v) is 5.81. The first-order chi connectivity index (χ1) is 7.61. The zero-order valence-corrected chi connectivity index (χ0v) is 10.5. The van der Waals surface area contributed by atoms with Gasteiger partial charge in [-0.05, 0) is 45.1 Å². The maximum atomic E-state index is 9.26. The second kappa shape index (κ2) is 4.73. The van der Waals surface area contributed by atoms with E-state index in [1.807, 2.05) is 6.92 Å². The topological polar surface area (TPSA) is 39.1 Å². The van der Waals surface area contributed by atoms with Crippen LogP contribution in [0.5, 0.6) is 0 Å². The number of likely N-dealkylation sites (tertiary alicyclic amines) is 1. The van der Waals surface area contributed by atoms with Gasteiger partial charge in [0.2, 0.25) is 0 Å². The maximum absolute atomic E-state index is 9.26. The molecule has 0 bridgehead atoms. The van der Waals surface area contributed by atoms with Crippen LogP contribution >= 0.6 is 0 Å². The first-order valence-electron chi connectivity index (χ1n) is 6.52. The van der Waals surface area contributed by atoms with Crippen molar-refractivity contribution < 1.29 is 0 Å². The van der Waals surface area contributed by atoms with Crippen molar-refractivity contribution in [2.75, 3.05) is 19.6 Å². The molecule has 16 heavy (non-hydrogen) atoms. The fourth-order valence-electron chi connectivity index (χ4n) is 2.45. The molecule has 0 aromatic carbocycles. The molecule has 1 aliphatic carbocycles. The van der Waals surface area contributed by atoms with Crippen LogP contribution in [0.15, 0.2) is 0 Å². The van der Waals surface area contributed by atoms with Crippen LogP contribution in [0.25, 0.3) is 0 Å². The van der Waals surface area contributed by atoms with Gasteiger partial charge in [-0.25, -0.2) is 0 Å². The molecule has 0 aromatic heterocycles. The van der Waals surface area contributed by atoms with Crippen molar-refractivity contribution in [2.45, 2.75) is 51.1 Å². The molecule has 3 nitrogen and oxygen atoms in total. The fourth-order valence-corrected chi connectivity index (χ4v) is 2.45. The molecule has 2 aliphatic rings. The summed E-state index contributed by atoms with van der Waals surface area (Å²) in [5.41, 5.74) is -0.313. The quantitative estimate of drug-likeness (QED) is 0.769. The number of rotatable bonds is 5. The maximum Gasteiger partial charge on any atom is 0.105 e. The standard InChI is InChI=1S/C13H23N3/c1-11-5-7-16(9-11)8-6-13(2,10-14)15-12-3-4-12/h11-12,15H,3-9H2,1-2H3. The van der Waals surface area contributed by atoms with E-state index in [-0.39, 0.29) is 5.54 Å². The molecule has 2 fully saturated rings. The highest BCUT2D eigenvalue weighted by Gasteiger charge is 2.33. The summed E-state index contributed by atoms with van der Waals surface area (Å²) >= 11 is 0. The van der Waals surface area contributed by atoms with Crippen LogP contribution in [0.1, 0.15) is 39.5 Å². The summed E-state index contributed by atoms with van der Waals surface area (Å²) in [7, 11) is 0. The van der Waals surface area contributed by atoms with Crippen molar-refractivity contribution in [1.29, 1.82) is 5.26 Å². The summed E-state index contributed by atoms with van der Waals surface area (Å²) < 4.78 is 0. The van der Waals surface area contributed by atoms with Crippen molar-refractivity contribution in [3.05, 3.63) is 0 Å². The molecule has 2 rings (SSSR count). The third-order valence-electron chi connectivity index (χ3n) is 3.78. The van der Waals surface area contributed by atoms with Crippen molar-refractivity contribution in [1.82, 2.24) is 10.2 Å². The summed E-state index contributed by atoms with van der Waals surface area (Å²) in [5, 5.41) is 12.7. The molecular weight excluding hydrogens is 198 g/mol. The summed E-state index contributed by atoms with van der Waals surface area (Å²) in [6, 6.07) is 3.06. The Morgan fingerprint density at radius 2 is 2.19 bits per heavy atom. The van der Waals surface area contributed by atoms with Gasteiger partial charge in [-0.3, -0.25) is 5.32 Å². The molecule has 3 heteroatoms. The molecule has 0 spiro atoms. The minimum atomic E-state index is -0.313. The van der Waals surface area contributed by atoms with Gasteiger partial charge in [0.1, 0.15) is 5.54 Å². The lowest BCUT2D eigenvalue weighted by Gasteiger charge is -2.26. The first-order valence-corrected chi connectivity index (χ1v) is 6.52. The van der Waals surface area contributed by atoms with Gasteiger partial charge in [0.25, 0.3) is 0 Å². The molecule has 2 atom stereocenters. The van der Waals surface area contributed by atoms with Gasteiger partial charge in [0, 0.05) is 19.1 Å². The third kappa shape index (κ3) is 3.20. The zero-order valence-electron chi connectivity index (χ0n) is 10.5. The molecule has 2 unspecified atom stereocenters. The molecule has 0 aromatic rings. The smallest absolute Gasteiger partial charge is 0.105 e. The average molecular weight is 221 g/mol. The highest BCUT2D eigenvalue weighted by Crippen LogP contribution is 2.24. The molecule has 0 amide bonds. The highest BCUT2D eigenvalue weighted by atomic mass is 15.1. The molecule has 1 N–H and O–H groups in total. The van der Waals surface area contributed by atoms with E-state index in [4.69, 9.17) is 0 Å². The Morgan fingerprint density at radius 3 is 2.69 bits per heavy atom. The number of nitrogens with zero attached hydrogens (tertiary/aromatic N) is 2. The zero-order chi connectivity index (χ0) is 11.6. The van der Waals surface area contributed by atoms with Gasteiger partial charge in [0.15, 0.2) is 0 Å². The molecule has 1 heterocycles. The van der Waals surface area contributed by atoms with Crippen LogP contribution < -0.4 is 5.32 Å². The van der Waals surface area contributed by atoms with Gasteiger partial charge >= 0.3 is 0 Å². The molecule has 1 aliphatic heterocycles.